The summed E-state index contributed by atoms with van der Waals surface area (Å²) in [6.45, 7) is 8.70. The van der Waals surface area contributed by atoms with Crippen LogP contribution in [-0.4, -0.2) is 21.0 Å². The van der Waals surface area contributed by atoms with Crippen molar-refractivity contribution >= 4 is 63.0 Å². The minimum Gasteiger partial charge on any atom is -0.487 e. The van der Waals surface area contributed by atoms with Gasteiger partial charge in [0, 0.05) is 40.4 Å². The van der Waals surface area contributed by atoms with Crippen molar-refractivity contribution < 1.29 is 31.8 Å². The Morgan fingerprint density at radius 2 is 1.47 bits per heavy atom. The molecule has 320 valence electrons. The quantitative estimate of drug-likeness (QED) is 0.105. The zero-order valence-electron chi connectivity index (χ0n) is 34.0. The molecular weight excluding hydrogens is 843 g/mol. The molecule has 3 N–H and O–H groups in total. The highest BCUT2D eigenvalue weighted by Crippen LogP contribution is 2.36. The van der Waals surface area contributed by atoms with E-state index in [1.54, 1.807) is 67.1 Å². The van der Waals surface area contributed by atoms with E-state index in [9.17, 15) is 22.4 Å². The Balaban J connectivity index is 0.000000207. The van der Waals surface area contributed by atoms with Crippen molar-refractivity contribution in [3.63, 3.8) is 0 Å². The van der Waals surface area contributed by atoms with Crippen LogP contribution in [-0.2, 0) is 19.2 Å². The number of carbonyl (C=O) groups is 1. The van der Waals surface area contributed by atoms with Crippen molar-refractivity contribution in [2.45, 2.75) is 52.8 Å². The molecule has 0 aliphatic rings. The molecule has 0 aliphatic heterocycles. The summed E-state index contributed by atoms with van der Waals surface area (Å²) in [5.41, 5.74) is 3.94. The van der Waals surface area contributed by atoms with E-state index in [-0.39, 0.29) is 24.0 Å². The van der Waals surface area contributed by atoms with E-state index in [0.717, 1.165) is 52.2 Å². The summed E-state index contributed by atoms with van der Waals surface area (Å²) >= 11 is 12.0. The van der Waals surface area contributed by atoms with Crippen LogP contribution >= 0.6 is 23.2 Å². The predicted molar refractivity (Wildman–Crippen MR) is 237 cm³/mol. The Hall–Kier alpha value is -6.44. The fourth-order valence-corrected chi connectivity index (χ4v) is 6.55. The molecule has 0 radical (unpaired) electrons. The maximum absolute atomic E-state index is 13.3. The van der Waals surface area contributed by atoms with Gasteiger partial charge in [0.25, 0.3) is 0 Å². The summed E-state index contributed by atoms with van der Waals surface area (Å²) in [5.74, 6) is 2.99. The zero-order valence-corrected chi connectivity index (χ0v) is 35.5. The average molecular weight is 886 g/mol. The van der Waals surface area contributed by atoms with Gasteiger partial charge in [0.1, 0.15) is 41.8 Å². The van der Waals surface area contributed by atoms with E-state index < -0.39 is 22.8 Å². The monoisotopic (exact) mass is 884 g/mol. The molecule has 2 aromatic heterocycles. The van der Waals surface area contributed by atoms with Gasteiger partial charge in [-0.15, -0.1) is 0 Å². The number of hydrogen-bond donors (Lipinski definition) is 3. The summed E-state index contributed by atoms with van der Waals surface area (Å²) in [7, 11) is 0. The number of anilines is 4. The van der Waals surface area contributed by atoms with Crippen molar-refractivity contribution in [2.24, 2.45) is 5.92 Å². The van der Waals surface area contributed by atoms with Gasteiger partial charge in [0.05, 0.1) is 21.1 Å². The number of hydrogen-bond acceptors (Lipinski definition) is 7. The van der Waals surface area contributed by atoms with Crippen molar-refractivity contribution in [2.75, 3.05) is 16.0 Å². The van der Waals surface area contributed by atoms with E-state index in [1.165, 1.54) is 23.8 Å². The molecule has 9 nitrogen and oxygen atoms in total. The molecule has 0 spiro atoms. The Morgan fingerprint density at radius 3 is 2.18 bits per heavy atom. The first-order valence-electron chi connectivity index (χ1n) is 19.5. The number of urea groups is 1. The van der Waals surface area contributed by atoms with Crippen LogP contribution in [0.4, 0.5) is 45.2 Å². The number of fused-ring (bicyclic) bond motifs is 1. The number of amides is 2. The van der Waals surface area contributed by atoms with E-state index in [0.29, 0.717) is 33.9 Å². The van der Waals surface area contributed by atoms with Gasteiger partial charge in [0.15, 0.2) is 0 Å². The number of rotatable bonds is 12. The maximum atomic E-state index is 13.3. The largest absolute Gasteiger partial charge is 0.487 e. The molecule has 0 fully saturated rings. The van der Waals surface area contributed by atoms with Crippen LogP contribution in [0.2, 0.25) is 10.0 Å². The van der Waals surface area contributed by atoms with Gasteiger partial charge in [0.2, 0.25) is 0 Å². The number of pyridine rings is 1. The molecule has 0 aliphatic carbocycles. The first kappa shape index (κ1) is 45.1. The Morgan fingerprint density at radius 1 is 0.726 bits per heavy atom. The fourth-order valence-electron chi connectivity index (χ4n) is 6.09. The van der Waals surface area contributed by atoms with Crippen molar-refractivity contribution in [3.8, 4) is 17.2 Å². The molecule has 15 heteroatoms. The van der Waals surface area contributed by atoms with Crippen LogP contribution < -0.4 is 25.4 Å². The molecule has 62 heavy (non-hydrogen) atoms. The number of aromatic nitrogens is 3. The Kier molecular flexibility index (Phi) is 14.8. The first-order valence-corrected chi connectivity index (χ1v) is 20.2. The lowest BCUT2D eigenvalue weighted by atomic mass is 10.0. The number of nitrogens with zero attached hydrogens (tertiary/aromatic N) is 3. The van der Waals surface area contributed by atoms with E-state index in [2.05, 4.69) is 56.9 Å². The first-order chi connectivity index (χ1) is 29.6. The lowest BCUT2D eigenvalue weighted by Gasteiger charge is -2.13. The summed E-state index contributed by atoms with van der Waals surface area (Å²) < 4.78 is 63.7. The highest BCUT2D eigenvalue weighted by Gasteiger charge is 2.33. The second kappa shape index (κ2) is 20.4. The smallest absolute Gasteiger partial charge is 0.417 e. The number of halogens is 6. The Bertz CT molecular complexity index is 2650. The van der Waals surface area contributed by atoms with Crippen LogP contribution in [0.3, 0.4) is 0 Å². The van der Waals surface area contributed by atoms with E-state index in [1.807, 2.05) is 32.0 Å². The third kappa shape index (κ3) is 12.8. The van der Waals surface area contributed by atoms with Gasteiger partial charge in [-0.3, -0.25) is 4.98 Å². The number of carbonyl (C=O) groups excluding carboxylic acids is 1. The molecule has 7 aromatic rings. The minimum atomic E-state index is -4.62. The van der Waals surface area contributed by atoms with Gasteiger partial charge in [-0.25, -0.2) is 19.2 Å². The lowest BCUT2D eigenvalue weighted by molar-refractivity contribution is -0.137. The van der Waals surface area contributed by atoms with Gasteiger partial charge in [-0.05, 0) is 120 Å². The highest BCUT2D eigenvalue weighted by atomic mass is 35.5. The molecule has 0 atom stereocenters. The van der Waals surface area contributed by atoms with Gasteiger partial charge in [-0.1, -0.05) is 69.1 Å². The molecule has 5 aromatic carbocycles. The van der Waals surface area contributed by atoms with Gasteiger partial charge < -0.3 is 25.4 Å². The number of benzene rings is 5. The molecule has 0 unspecified atom stereocenters. The summed E-state index contributed by atoms with van der Waals surface area (Å²) in [5, 5.41) is 9.22. The Labute approximate surface area is 366 Å². The van der Waals surface area contributed by atoms with Crippen LogP contribution in [0.1, 0.15) is 56.0 Å². The number of nitrogens with one attached hydrogen (secondary N) is 3. The third-order valence-electron chi connectivity index (χ3n) is 9.04. The molecular formula is C47H42Cl2F4N6O3. The van der Waals surface area contributed by atoms with Crippen LogP contribution in [0.5, 0.6) is 17.2 Å². The molecule has 0 bridgehead atoms. The lowest BCUT2D eigenvalue weighted by Crippen LogP contribution is -2.19. The molecule has 0 saturated carbocycles. The van der Waals surface area contributed by atoms with Crippen molar-refractivity contribution in [3.05, 3.63) is 166 Å². The highest BCUT2D eigenvalue weighted by molar-refractivity contribution is 6.32. The van der Waals surface area contributed by atoms with Crippen molar-refractivity contribution in [1.29, 1.82) is 0 Å². The average Bonchev–Trinajstić information content (AvgIpc) is 3.22. The fraction of sp³-hybridized carbons (Fsp3) is 0.191. The number of alkyl halides is 3. The predicted octanol–water partition coefficient (Wildman–Crippen LogP) is 14.3. The standard InChI is InChI=1S/C25H23ClFN3O.C22H19ClF3N3O2/c1-16(2)10-17-6-8-23-21(12-17)25(29-15-28-23)30-20-7-9-24(22(26)13-20)31-14-18-4-3-5-19(27)11-18;1-13(2)20-12-17(9-10-27-20)31-16-6-3-14(4-7-16)28-21(30)29-15-5-8-19(23)18(11-15)22(24,25)26/h3-9,11-13,15-16H,10,14H2,1-2H3,(H,28,29,30);3-13H,1-2H3,(H2,28,29,30). The summed E-state index contributed by atoms with van der Waals surface area (Å²) in [4.78, 5) is 25.2. The van der Waals surface area contributed by atoms with Crippen molar-refractivity contribution in [1.82, 2.24) is 15.0 Å². The second-order valence-corrected chi connectivity index (χ2v) is 15.6. The third-order valence-corrected chi connectivity index (χ3v) is 9.67. The van der Waals surface area contributed by atoms with Gasteiger partial charge in [-0.2, -0.15) is 13.2 Å². The van der Waals surface area contributed by atoms with E-state index >= 15 is 0 Å². The summed E-state index contributed by atoms with van der Waals surface area (Å²) in [6.07, 6.45) is -0.407. The molecule has 2 heterocycles. The molecule has 7 rings (SSSR count). The zero-order chi connectivity index (χ0) is 44.4. The van der Waals surface area contributed by atoms with Crippen LogP contribution in [0, 0.1) is 11.7 Å². The second-order valence-electron chi connectivity index (χ2n) is 14.8. The molecule has 0 saturated heterocycles. The molecule has 2 amide bonds. The topological polar surface area (TPSA) is 110 Å². The normalized spacial score (nSPS) is 11.2. The van der Waals surface area contributed by atoms with Crippen LogP contribution in [0.15, 0.2) is 128 Å². The van der Waals surface area contributed by atoms with E-state index in [4.69, 9.17) is 32.7 Å². The maximum Gasteiger partial charge on any atom is 0.417 e. The SMILES string of the molecule is CC(C)Cc1ccc2ncnc(Nc3ccc(OCc4cccc(F)c4)c(Cl)c3)c2c1.CC(C)c1cc(Oc2ccc(NC(=O)Nc3ccc(Cl)c(C(F)(F)F)c3)cc2)ccn1. The summed E-state index contributed by atoms with van der Waals surface area (Å²) in [6, 6.07) is 30.6. The van der Waals surface area contributed by atoms with Crippen LogP contribution in [0.25, 0.3) is 10.9 Å². The minimum absolute atomic E-state index is 0.0344. The van der Waals surface area contributed by atoms with Gasteiger partial charge >= 0.3 is 12.2 Å². The number of ether oxygens (including phenoxy) is 2.